The number of aryl methyl sites for hydroxylation is 2. The Morgan fingerprint density at radius 1 is 1.37 bits per heavy atom. The molecule has 0 saturated carbocycles. The van der Waals surface area contributed by atoms with Crippen molar-refractivity contribution in [3.8, 4) is 0 Å². The highest BCUT2D eigenvalue weighted by Gasteiger charge is 2.16. The van der Waals surface area contributed by atoms with Crippen LogP contribution in [-0.4, -0.2) is 52.2 Å². The van der Waals surface area contributed by atoms with Crippen LogP contribution in [0.5, 0.6) is 0 Å². The topological polar surface area (TPSA) is 41.4 Å². The fraction of sp³-hybridized carbons (Fsp3) is 0.692. The Bertz CT molecular complexity index is 440. The zero-order valence-corrected chi connectivity index (χ0v) is 14.0. The van der Waals surface area contributed by atoms with Crippen molar-refractivity contribution in [3.05, 3.63) is 15.9 Å². The number of nitrogens with zero attached hydrogens (tertiary/aromatic N) is 4. The molecule has 1 aromatic heterocycles. The molecule has 0 fully saturated rings. The summed E-state index contributed by atoms with van der Waals surface area (Å²) in [6.45, 7) is 8.62. The molecule has 0 aliphatic rings. The molecule has 6 heteroatoms. The zero-order chi connectivity index (χ0) is 14.6. The maximum Gasteiger partial charge on any atom is 0.236 e. The van der Waals surface area contributed by atoms with Gasteiger partial charge in [-0.2, -0.15) is 5.10 Å². The Balaban J connectivity index is 2.65. The lowest BCUT2D eigenvalue weighted by molar-refractivity contribution is -0.131. The summed E-state index contributed by atoms with van der Waals surface area (Å²) in [6, 6.07) is 0. The van der Waals surface area contributed by atoms with Gasteiger partial charge in [0.2, 0.25) is 5.91 Å². The number of carbonyl (C=O) groups is 1. The van der Waals surface area contributed by atoms with Crippen LogP contribution < -0.4 is 0 Å². The molecule has 0 aliphatic carbocycles. The highest BCUT2D eigenvalue weighted by Crippen LogP contribution is 2.21. The van der Waals surface area contributed by atoms with Gasteiger partial charge in [0.1, 0.15) is 0 Å². The Kier molecular flexibility index (Phi) is 6.00. The molecule has 0 spiro atoms. The van der Waals surface area contributed by atoms with Crippen LogP contribution in [0, 0.1) is 6.92 Å². The van der Waals surface area contributed by atoms with Crippen molar-refractivity contribution >= 4 is 21.8 Å². The van der Waals surface area contributed by atoms with E-state index in [9.17, 15) is 4.79 Å². The van der Waals surface area contributed by atoms with Gasteiger partial charge in [0.15, 0.2) is 0 Å². The number of rotatable bonds is 6. The van der Waals surface area contributed by atoms with Crippen LogP contribution >= 0.6 is 15.9 Å². The van der Waals surface area contributed by atoms with Crippen LogP contribution in [0.4, 0.5) is 0 Å². The molecule has 0 unspecified atom stereocenters. The largest absolute Gasteiger partial charge is 0.342 e. The van der Waals surface area contributed by atoms with Gasteiger partial charge in [0, 0.05) is 26.7 Å². The smallest absolute Gasteiger partial charge is 0.236 e. The van der Waals surface area contributed by atoms with E-state index < -0.39 is 0 Å². The minimum absolute atomic E-state index is 0.169. The Morgan fingerprint density at radius 2 is 1.95 bits per heavy atom. The second-order valence-electron chi connectivity index (χ2n) is 4.71. The van der Waals surface area contributed by atoms with Crippen LogP contribution in [0.2, 0.25) is 0 Å². The third-order valence-electron chi connectivity index (χ3n) is 3.20. The van der Waals surface area contributed by atoms with Crippen LogP contribution in [0.3, 0.4) is 0 Å². The molecule has 1 heterocycles. The third kappa shape index (κ3) is 4.04. The second-order valence-corrected chi connectivity index (χ2v) is 5.50. The Morgan fingerprint density at radius 3 is 2.37 bits per heavy atom. The maximum atomic E-state index is 12.0. The summed E-state index contributed by atoms with van der Waals surface area (Å²) in [7, 11) is 3.88. The standard InChI is InChI=1S/C13H23BrN4O/c1-6-18(7-2)12(19)9-16(4)8-11-13(14)10(3)15-17(11)5/h6-9H2,1-5H3. The van der Waals surface area contributed by atoms with E-state index in [2.05, 4.69) is 21.0 Å². The van der Waals surface area contributed by atoms with Crippen molar-refractivity contribution in [2.75, 3.05) is 26.7 Å². The molecular weight excluding hydrogens is 308 g/mol. The molecule has 1 aromatic rings. The lowest BCUT2D eigenvalue weighted by Gasteiger charge is -2.23. The van der Waals surface area contributed by atoms with E-state index in [-0.39, 0.29) is 5.91 Å². The van der Waals surface area contributed by atoms with Gasteiger partial charge in [-0.3, -0.25) is 14.4 Å². The summed E-state index contributed by atoms with van der Waals surface area (Å²) in [5.74, 6) is 0.169. The second kappa shape index (κ2) is 7.05. The number of aromatic nitrogens is 2. The van der Waals surface area contributed by atoms with Crippen molar-refractivity contribution in [2.45, 2.75) is 27.3 Å². The molecule has 0 atom stereocenters. The van der Waals surface area contributed by atoms with Crippen molar-refractivity contribution in [1.82, 2.24) is 19.6 Å². The molecule has 0 aromatic carbocycles. The zero-order valence-electron chi connectivity index (χ0n) is 12.4. The molecule has 5 nitrogen and oxygen atoms in total. The molecule has 0 N–H and O–H groups in total. The molecule has 0 saturated heterocycles. The van der Waals surface area contributed by atoms with E-state index in [0.29, 0.717) is 13.1 Å². The first-order valence-electron chi connectivity index (χ1n) is 6.54. The first-order chi connectivity index (χ1) is 8.90. The van der Waals surface area contributed by atoms with E-state index in [1.807, 2.05) is 49.3 Å². The first-order valence-corrected chi connectivity index (χ1v) is 7.34. The van der Waals surface area contributed by atoms with E-state index in [1.54, 1.807) is 0 Å². The first kappa shape index (κ1) is 16.2. The normalized spacial score (nSPS) is 11.1. The van der Waals surface area contributed by atoms with E-state index >= 15 is 0 Å². The van der Waals surface area contributed by atoms with Crippen molar-refractivity contribution < 1.29 is 4.79 Å². The lowest BCUT2D eigenvalue weighted by atomic mass is 10.3. The fourth-order valence-electron chi connectivity index (χ4n) is 2.07. The molecule has 1 rings (SSSR count). The lowest BCUT2D eigenvalue weighted by Crippen LogP contribution is -2.38. The van der Waals surface area contributed by atoms with E-state index in [4.69, 9.17) is 0 Å². The summed E-state index contributed by atoms with van der Waals surface area (Å²) in [5.41, 5.74) is 2.06. The summed E-state index contributed by atoms with van der Waals surface area (Å²) in [6.07, 6.45) is 0. The monoisotopic (exact) mass is 330 g/mol. The quantitative estimate of drug-likeness (QED) is 0.798. The summed E-state index contributed by atoms with van der Waals surface area (Å²) < 4.78 is 2.88. The van der Waals surface area contributed by atoms with Gasteiger partial charge in [-0.25, -0.2) is 0 Å². The average molecular weight is 331 g/mol. The summed E-state index contributed by atoms with van der Waals surface area (Å²) in [5, 5.41) is 4.36. The van der Waals surface area contributed by atoms with Crippen LogP contribution in [-0.2, 0) is 18.4 Å². The Hall–Kier alpha value is -0.880. The van der Waals surface area contributed by atoms with Crippen LogP contribution in [0.15, 0.2) is 4.47 Å². The van der Waals surface area contributed by atoms with E-state index in [0.717, 1.165) is 29.0 Å². The highest BCUT2D eigenvalue weighted by molar-refractivity contribution is 9.10. The van der Waals surface area contributed by atoms with Gasteiger partial charge >= 0.3 is 0 Å². The Labute approximate surface area is 123 Å². The van der Waals surface area contributed by atoms with Gasteiger partial charge in [0.05, 0.1) is 22.4 Å². The van der Waals surface area contributed by atoms with Crippen LogP contribution in [0.25, 0.3) is 0 Å². The number of hydrogen-bond acceptors (Lipinski definition) is 3. The highest BCUT2D eigenvalue weighted by atomic mass is 79.9. The number of amides is 1. The minimum Gasteiger partial charge on any atom is -0.342 e. The summed E-state index contributed by atoms with van der Waals surface area (Å²) in [4.78, 5) is 15.9. The number of hydrogen-bond donors (Lipinski definition) is 0. The predicted molar refractivity (Wildman–Crippen MR) is 79.9 cm³/mol. The summed E-state index contributed by atoms with van der Waals surface area (Å²) >= 11 is 3.55. The maximum absolute atomic E-state index is 12.0. The molecule has 1 amide bonds. The third-order valence-corrected chi connectivity index (χ3v) is 4.23. The fourth-order valence-corrected chi connectivity index (χ4v) is 2.53. The molecular formula is C13H23BrN4O. The minimum atomic E-state index is 0.169. The number of halogens is 1. The number of likely N-dealkylation sites (N-methyl/N-ethyl adjacent to an activating group) is 2. The van der Waals surface area contributed by atoms with Gasteiger partial charge < -0.3 is 4.90 Å². The van der Waals surface area contributed by atoms with Gasteiger partial charge in [-0.05, 0) is 43.7 Å². The van der Waals surface area contributed by atoms with Gasteiger partial charge in [-0.1, -0.05) is 0 Å². The molecule has 19 heavy (non-hydrogen) atoms. The molecule has 0 bridgehead atoms. The van der Waals surface area contributed by atoms with Gasteiger partial charge in [0.25, 0.3) is 0 Å². The van der Waals surface area contributed by atoms with Crippen molar-refractivity contribution in [3.63, 3.8) is 0 Å². The SMILES string of the molecule is CCN(CC)C(=O)CN(C)Cc1c(Br)c(C)nn1C. The van der Waals surface area contributed by atoms with Crippen LogP contribution in [0.1, 0.15) is 25.2 Å². The number of carbonyl (C=O) groups excluding carboxylic acids is 1. The van der Waals surface area contributed by atoms with Gasteiger partial charge in [-0.15, -0.1) is 0 Å². The molecule has 108 valence electrons. The predicted octanol–water partition coefficient (Wildman–Crippen LogP) is 1.79. The van der Waals surface area contributed by atoms with E-state index in [1.165, 1.54) is 0 Å². The molecule has 0 radical (unpaired) electrons. The van der Waals surface area contributed by atoms with Crippen molar-refractivity contribution in [2.24, 2.45) is 7.05 Å². The average Bonchev–Trinajstić information content (AvgIpc) is 2.57. The molecule has 0 aliphatic heterocycles. The van der Waals surface area contributed by atoms with Crippen molar-refractivity contribution in [1.29, 1.82) is 0 Å².